The summed E-state index contributed by atoms with van der Waals surface area (Å²) in [4.78, 5) is 13.5. The number of methoxy groups -OCH3 is 1. The summed E-state index contributed by atoms with van der Waals surface area (Å²) in [6, 6.07) is 8.16. The van der Waals surface area contributed by atoms with Crippen LogP contribution in [0.25, 0.3) is 0 Å². The van der Waals surface area contributed by atoms with Gasteiger partial charge in [-0.3, -0.25) is 9.69 Å². The van der Waals surface area contributed by atoms with Crippen molar-refractivity contribution >= 4 is 17.6 Å². The SMILES string of the molecule is COC(=O)CN1CCC[C@H]1c1ccc(Cl)cc1. The molecule has 0 aromatic heterocycles. The number of likely N-dealkylation sites (tertiary alicyclic amines) is 1. The lowest BCUT2D eigenvalue weighted by Crippen LogP contribution is -2.30. The third kappa shape index (κ3) is 2.99. The van der Waals surface area contributed by atoms with E-state index in [1.165, 1.54) is 12.7 Å². The summed E-state index contributed by atoms with van der Waals surface area (Å²) in [5, 5.41) is 0.742. The number of nitrogens with zero attached hydrogens (tertiary/aromatic N) is 1. The van der Waals surface area contributed by atoms with Crippen LogP contribution in [0.5, 0.6) is 0 Å². The van der Waals surface area contributed by atoms with E-state index in [2.05, 4.69) is 4.90 Å². The summed E-state index contributed by atoms with van der Waals surface area (Å²) in [5.74, 6) is -0.175. The first-order valence-electron chi connectivity index (χ1n) is 5.77. The highest BCUT2D eigenvalue weighted by Crippen LogP contribution is 2.32. The van der Waals surface area contributed by atoms with Crippen molar-refractivity contribution in [3.05, 3.63) is 34.9 Å². The fourth-order valence-corrected chi connectivity index (χ4v) is 2.43. The number of carbonyl (C=O) groups excluding carboxylic acids is 1. The summed E-state index contributed by atoms with van der Waals surface area (Å²) in [6.07, 6.45) is 2.20. The molecule has 1 atom stereocenters. The van der Waals surface area contributed by atoms with Gasteiger partial charge >= 0.3 is 5.97 Å². The molecule has 0 radical (unpaired) electrons. The van der Waals surface area contributed by atoms with Gasteiger partial charge in [-0.1, -0.05) is 23.7 Å². The second-order valence-corrected chi connectivity index (χ2v) is 4.69. The Hall–Kier alpha value is -1.06. The van der Waals surface area contributed by atoms with Crippen LogP contribution in [0.4, 0.5) is 0 Å². The smallest absolute Gasteiger partial charge is 0.319 e. The maximum Gasteiger partial charge on any atom is 0.319 e. The predicted molar refractivity (Wildman–Crippen MR) is 67.0 cm³/mol. The lowest BCUT2D eigenvalue weighted by Gasteiger charge is -2.23. The average molecular weight is 254 g/mol. The van der Waals surface area contributed by atoms with E-state index in [4.69, 9.17) is 16.3 Å². The molecule has 0 N–H and O–H groups in total. The largest absolute Gasteiger partial charge is 0.468 e. The summed E-state index contributed by atoms with van der Waals surface area (Å²) < 4.78 is 4.71. The van der Waals surface area contributed by atoms with Gasteiger partial charge in [-0.15, -0.1) is 0 Å². The molecule has 0 spiro atoms. The Kier molecular flexibility index (Phi) is 4.02. The summed E-state index contributed by atoms with van der Waals surface area (Å²) in [7, 11) is 1.43. The van der Waals surface area contributed by atoms with E-state index >= 15 is 0 Å². The fourth-order valence-electron chi connectivity index (χ4n) is 2.31. The zero-order valence-electron chi connectivity index (χ0n) is 9.86. The second kappa shape index (κ2) is 5.52. The molecular weight excluding hydrogens is 238 g/mol. The highest BCUT2D eigenvalue weighted by molar-refractivity contribution is 6.30. The van der Waals surface area contributed by atoms with Gasteiger partial charge in [0.1, 0.15) is 0 Å². The van der Waals surface area contributed by atoms with Gasteiger partial charge < -0.3 is 4.74 Å². The normalized spacial score (nSPS) is 20.5. The first-order valence-corrected chi connectivity index (χ1v) is 6.15. The zero-order chi connectivity index (χ0) is 12.3. The Balaban J connectivity index is 2.08. The van der Waals surface area contributed by atoms with Crippen molar-refractivity contribution in [2.45, 2.75) is 18.9 Å². The van der Waals surface area contributed by atoms with E-state index < -0.39 is 0 Å². The van der Waals surface area contributed by atoms with Crippen LogP contribution in [0.1, 0.15) is 24.4 Å². The van der Waals surface area contributed by atoms with Crippen LogP contribution < -0.4 is 0 Å². The Morgan fingerprint density at radius 2 is 2.18 bits per heavy atom. The lowest BCUT2D eigenvalue weighted by atomic mass is 10.0. The molecule has 1 saturated heterocycles. The zero-order valence-corrected chi connectivity index (χ0v) is 10.6. The molecule has 0 aliphatic carbocycles. The molecule has 2 rings (SSSR count). The highest BCUT2D eigenvalue weighted by Gasteiger charge is 2.27. The number of hydrogen-bond donors (Lipinski definition) is 0. The van der Waals surface area contributed by atoms with Crippen LogP contribution in [0, 0.1) is 0 Å². The molecule has 0 bridgehead atoms. The van der Waals surface area contributed by atoms with Crippen molar-refractivity contribution in [1.29, 1.82) is 0 Å². The molecule has 3 nitrogen and oxygen atoms in total. The van der Waals surface area contributed by atoms with E-state index in [1.807, 2.05) is 24.3 Å². The minimum Gasteiger partial charge on any atom is -0.468 e. The molecule has 1 aromatic rings. The molecule has 1 fully saturated rings. The quantitative estimate of drug-likeness (QED) is 0.776. The van der Waals surface area contributed by atoms with Gasteiger partial charge in [0.2, 0.25) is 0 Å². The van der Waals surface area contributed by atoms with Crippen molar-refractivity contribution in [3.63, 3.8) is 0 Å². The van der Waals surface area contributed by atoms with Gasteiger partial charge in [-0.05, 0) is 37.1 Å². The van der Waals surface area contributed by atoms with Gasteiger partial charge in [0.25, 0.3) is 0 Å². The van der Waals surface area contributed by atoms with Gasteiger partial charge in [0.05, 0.1) is 13.7 Å². The number of halogens is 1. The number of esters is 1. The van der Waals surface area contributed by atoms with Gasteiger partial charge in [-0.25, -0.2) is 0 Å². The number of carbonyl (C=O) groups is 1. The standard InChI is InChI=1S/C13H16ClNO2/c1-17-13(16)9-15-8-2-3-12(15)10-4-6-11(14)7-5-10/h4-7,12H,2-3,8-9H2,1H3/t12-/m0/s1. The topological polar surface area (TPSA) is 29.5 Å². The molecule has 1 aromatic carbocycles. The van der Waals surface area contributed by atoms with Crippen molar-refractivity contribution in [2.75, 3.05) is 20.2 Å². The van der Waals surface area contributed by atoms with Crippen LogP contribution in [0.15, 0.2) is 24.3 Å². The van der Waals surface area contributed by atoms with Crippen LogP contribution in [0.2, 0.25) is 5.02 Å². The van der Waals surface area contributed by atoms with E-state index in [0.717, 1.165) is 24.4 Å². The van der Waals surface area contributed by atoms with Crippen LogP contribution >= 0.6 is 11.6 Å². The van der Waals surface area contributed by atoms with E-state index in [-0.39, 0.29) is 5.97 Å². The molecule has 1 aliphatic rings. The molecule has 1 heterocycles. The molecule has 4 heteroatoms. The molecule has 1 aliphatic heterocycles. The number of ether oxygens (including phenoxy) is 1. The van der Waals surface area contributed by atoms with E-state index in [1.54, 1.807) is 0 Å². The minimum absolute atomic E-state index is 0.175. The van der Waals surface area contributed by atoms with Gasteiger partial charge in [0, 0.05) is 11.1 Å². The van der Waals surface area contributed by atoms with Crippen molar-refractivity contribution in [2.24, 2.45) is 0 Å². The Bertz CT molecular complexity index is 391. The van der Waals surface area contributed by atoms with Crippen LogP contribution in [-0.2, 0) is 9.53 Å². The average Bonchev–Trinajstić information content (AvgIpc) is 2.78. The van der Waals surface area contributed by atoms with Gasteiger partial charge in [-0.2, -0.15) is 0 Å². The summed E-state index contributed by atoms with van der Waals surface area (Å²) >= 11 is 5.87. The number of hydrogen-bond acceptors (Lipinski definition) is 3. The van der Waals surface area contributed by atoms with Crippen LogP contribution in [-0.4, -0.2) is 31.1 Å². The van der Waals surface area contributed by atoms with E-state index in [0.29, 0.717) is 12.6 Å². The first-order chi connectivity index (χ1) is 8.20. The summed E-state index contributed by atoms with van der Waals surface area (Å²) in [6.45, 7) is 1.31. The second-order valence-electron chi connectivity index (χ2n) is 4.26. The summed E-state index contributed by atoms with van der Waals surface area (Å²) in [5.41, 5.74) is 1.22. The Morgan fingerprint density at radius 3 is 2.82 bits per heavy atom. The van der Waals surface area contributed by atoms with Crippen molar-refractivity contribution in [3.8, 4) is 0 Å². The number of rotatable bonds is 3. The van der Waals surface area contributed by atoms with Crippen molar-refractivity contribution < 1.29 is 9.53 Å². The highest BCUT2D eigenvalue weighted by atomic mass is 35.5. The Labute approximate surface area is 106 Å². The van der Waals surface area contributed by atoms with E-state index in [9.17, 15) is 4.79 Å². The van der Waals surface area contributed by atoms with Gasteiger partial charge in [0.15, 0.2) is 0 Å². The first kappa shape index (κ1) is 12.4. The third-order valence-electron chi connectivity index (χ3n) is 3.18. The monoisotopic (exact) mass is 253 g/mol. The molecule has 0 saturated carbocycles. The maximum absolute atomic E-state index is 11.3. The van der Waals surface area contributed by atoms with Crippen molar-refractivity contribution in [1.82, 2.24) is 4.90 Å². The molecular formula is C13H16ClNO2. The molecule has 0 amide bonds. The molecule has 0 unspecified atom stereocenters. The maximum atomic E-state index is 11.3. The minimum atomic E-state index is -0.175. The lowest BCUT2D eigenvalue weighted by molar-refractivity contribution is -0.142. The molecule has 17 heavy (non-hydrogen) atoms. The third-order valence-corrected chi connectivity index (χ3v) is 3.43. The fraction of sp³-hybridized carbons (Fsp3) is 0.462. The molecule has 92 valence electrons. The predicted octanol–water partition coefficient (Wildman–Crippen LogP) is 2.65. The van der Waals surface area contributed by atoms with Crippen LogP contribution in [0.3, 0.4) is 0 Å². The Morgan fingerprint density at radius 1 is 1.47 bits per heavy atom. The number of benzene rings is 1.